The summed E-state index contributed by atoms with van der Waals surface area (Å²) in [5.74, 6) is 0. The zero-order valence-corrected chi connectivity index (χ0v) is 20.9. The minimum atomic E-state index is 1.25. The zero-order valence-electron chi connectivity index (χ0n) is 20.9. The predicted molar refractivity (Wildman–Crippen MR) is 165 cm³/mol. The molecule has 8 aromatic carbocycles. The Morgan fingerprint density at radius 1 is 0.263 bits per heavy atom. The minimum absolute atomic E-state index is 1.25. The predicted octanol–water partition coefficient (Wildman–Crippen LogP) is 10.8. The molecule has 176 valence electrons. The van der Waals surface area contributed by atoms with E-state index in [9.17, 15) is 0 Å². The Kier molecular flexibility index (Phi) is 4.62. The van der Waals surface area contributed by atoms with Gasteiger partial charge in [0.25, 0.3) is 0 Å². The van der Waals surface area contributed by atoms with E-state index < -0.39 is 0 Å². The molecule has 0 aliphatic carbocycles. The van der Waals surface area contributed by atoms with Gasteiger partial charge in [-0.15, -0.1) is 0 Å². The Morgan fingerprint density at radius 2 is 0.789 bits per heavy atom. The average Bonchev–Trinajstić information content (AvgIpc) is 3.00. The van der Waals surface area contributed by atoms with E-state index in [1.165, 1.54) is 76.1 Å². The molecule has 0 saturated carbocycles. The van der Waals surface area contributed by atoms with Crippen LogP contribution in [-0.2, 0) is 0 Å². The molecule has 0 fully saturated rings. The van der Waals surface area contributed by atoms with Crippen LogP contribution in [0.4, 0.5) is 0 Å². The fraction of sp³-hybridized carbons (Fsp3) is 0. The Bertz CT molecular complexity index is 2170. The largest absolute Gasteiger partial charge is 0.0622 e. The molecule has 0 radical (unpaired) electrons. The van der Waals surface area contributed by atoms with Gasteiger partial charge in [0, 0.05) is 0 Å². The summed E-state index contributed by atoms with van der Waals surface area (Å²) < 4.78 is 0. The van der Waals surface area contributed by atoms with Crippen LogP contribution in [0, 0.1) is 0 Å². The van der Waals surface area contributed by atoms with Crippen LogP contribution in [0.25, 0.3) is 76.1 Å². The Morgan fingerprint density at radius 3 is 1.55 bits per heavy atom. The van der Waals surface area contributed by atoms with Gasteiger partial charge in [-0.1, -0.05) is 140 Å². The maximum Gasteiger partial charge on any atom is -0.00141 e. The molecule has 0 bridgehead atoms. The molecule has 0 spiro atoms. The van der Waals surface area contributed by atoms with Gasteiger partial charge in [-0.3, -0.25) is 0 Å². The summed E-state index contributed by atoms with van der Waals surface area (Å²) in [4.78, 5) is 0. The van der Waals surface area contributed by atoms with E-state index in [1.54, 1.807) is 0 Å². The summed E-state index contributed by atoms with van der Waals surface area (Å²) in [5.41, 5.74) is 5.12. The molecule has 8 aromatic rings. The topological polar surface area (TPSA) is 0 Å². The molecule has 0 saturated heterocycles. The molecule has 0 heterocycles. The van der Waals surface area contributed by atoms with Crippen molar-refractivity contribution >= 4 is 53.9 Å². The molecule has 38 heavy (non-hydrogen) atoms. The fourth-order valence-corrected chi connectivity index (χ4v) is 6.32. The van der Waals surface area contributed by atoms with Crippen LogP contribution >= 0.6 is 0 Å². The molecule has 0 N–H and O–H groups in total. The van der Waals surface area contributed by atoms with E-state index in [-0.39, 0.29) is 0 Å². The lowest BCUT2D eigenvalue weighted by atomic mass is 9.83. The first-order chi connectivity index (χ1) is 18.9. The highest BCUT2D eigenvalue weighted by molar-refractivity contribution is 6.28. The molecular weight excluding hydrogens is 456 g/mol. The lowest BCUT2D eigenvalue weighted by Crippen LogP contribution is -1.92. The van der Waals surface area contributed by atoms with Crippen LogP contribution < -0.4 is 0 Å². The Balaban J connectivity index is 1.60. The molecule has 0 aliphatic heterocycles. The summed E-state index contributed by atoms with van der Waals surface area (Å²) in [6.07, 6.45) is 0. The molecule has 0 aliphatic rings. The van der Waals surface area contributed by atoms with E-state index in [0.29, 0.717) is 0 Å². The van der Waals surface area contributed by atoms with Crippen LogP contribution in [0.15, 0.2) is 146 Å². The van der Waals surface area contributed by atoms with Crippen LogP contribution in [0.1, 0.15) is 0 Å². The van der Waals surface area contributed by atoms with Gasteiger partial charge < -0.3 is 0 Å². The first kappa shape index (κ1) is 21.2. The zero-order chi connectivity index (χ0) is 25.1. The van der Waals surface area contributed by atoms with E-state index in [1.807, 2.05) is 0 Å². The van der Waals surface area contributed by atoms with Gasteiger partial charge in [0.1, 0.15) is 0 Å². The van der Waals surface area contributed by atoms with Gasteiger partial charge in [0.2, 0.25) is 0 Å². The maximum absolute atomic E-state index is 2.41. The van der Waals surface area contributed by atoms with Crippen molar-refractivity contribution in [2.45, 2.75) is 0 Å². The van der Waals surface area contributed by atoms with Crippen LogP contribution in [0.5, 0.6) is 0 Å². The highest BCUT2D eigenvalue weighted by Gasteiger charge is 2.18. The molecule has 0 unspecified atom stereocenters. The standard InChI is InChI=1S/C38H24/c1-2-12-28(13-3-1)36-32-16-8-9-17-33(32)37(38-31-15-7-5-11-26(31)22-23-34(36)38)29-21-20-27-19-18-25-10-4-6-14-30(25)35(27)24-29/h1-24H. The van der Waals surface area contributed by atoms with Crippen molar-refractivity contribution in [1.82, 2.24) is 0 Å². The molecule has 0 atom stereocenters. The Hall–Kier alpha value is -4.94. The Labute approximate surface area is 221 Å². The van der Waals surface area contributed by atoms with Gasteiger partial charge >= 0.3 is 0 Å². The van der Waals surface area contributed by atoms with Crippen molar-refractivity contribution in [1.29, 1.82) is 0 Å². The van der Waals surface area contributed by atoms with Crippen LogP contribution in [-0.4, -0.2) is 0 Å². The fourth-order valence-electron chi connectivity index (χ4n) is 6.32. The quantitative estimate of drug-likeness (QED) is 0.170. The van der Waals surface area contributed by atoms with Crippen molar-refractivity contribution in [2.24, 2.45) is 0 Å². The average molecular weight is 481 g/mol. The lowest BCUT2D eigenvalue weighted by Gasteiger charge is -2.19. The second-order valence-electron chi connectivity index (χ2n) is 10.1. The molecule has 0 amide bonds. The monoisotopic (exact) mass is 480 g/mol. The number of fused-ring (bicyclic) bond motifs is 7. The molecule has 0 aromatic heterocycles. The molecule has 0 nitrogen and oxygen atoms in total. The first-order valence-electron chi connectivity index (χ1n) is 13.2. The SMILES string of the molecule is c1ccc(-c2c3ccccc3c(-c3ccc4ccc5ccccc5c4c3)c3c2ccc2ccccc23)cc1. The van der Waals surface area contributed by atoms with Gasteiger partial charge in [0.15, 0.2) is 0 Å². The molecular formula is C38H24. The number of benzene rings is 8. The van der Waals surface area contributed by atoms with Crippen molar-refractivity contribution in [3.8, 4) is 22.3 Å². The van der Waals surface area contributed by atoms with Crippen LogP contribution in [0.2, 0.25) is 0 Å². The highest BCUT2D eigenvalue weighted by Crippen LogP contribution is 2.46. The van der Waals surface area contributed by atoms with Crippen molar-refractivity contribution in [2.75, 3.05) is 0 Å². The first-order valence-corrected chi connectivity index (χ1v) is 13.2. The van der Waals surface area contributed by atoms with Crippen LogP contribution in [0.3, 0.4) is 0 Å². The molecule has 8 rings (SSSR count). The third-order valence-electron chi connectivity index (χ3n) is 8.01. The summed E-state index contributed by atoms with van der Waals surface area (Å²) in [5, 5.41) is 12.9. The van der Waals surface area contributed by atoms with E-state index in [2.05, 4.69) is 146 Å². The van der Waals surface area contributed by atoms with Gasteiger partial charge in [0.05, 0.1) is 0 Å². The third-order valence-corrected chi connectivity index (χ3v) is 8.01. The summed E-state index contributed by atoms with van der Waals surface area (Å²) in [6.45, 7) is 0. The second-order valence-corrected chi connectivity index (χ2v) is 10.1. The van der Waals surface area contributed by atoms with E-state index in [4.69, 9.17) is 0 Å². The third kappa shape index (κ3) is 3.11. The van der Waals surface area contributed by atoms with Crippen molar-refractivity contribution in [3.63, 3.8) is 0 Å². The van der Waals surface area contributed by atoms with E-state index >= 15 is 0 Å². The van der Waals surface area contributed by atoms with Gasteiger partial charge in [-0.25, -0.2) is 0 Å². The van der Waals surface area contributed by atoms with E-state index in [0.717, 1.165) is 0 Å². The number of hydrogen-bond acceptors (Lipinski definition) is 0. The summed E-state index contributed by atoms with van der Waals surface area (Å²) in [6, 6.07) is 53.3. The second kappa shape index (κ2) is 8.30. The smallest absolute Gasteiger partial charge is 0.00141 e. The molecule has 0 heteroatoms. The summed E-state index contributed by atoms with van der Waals surface area (Å²) in [7, 11) is 0. The number of hydrogen-bond donors (Lipinski definition) is 0. The highest BCUT2D eigenvalue weighted by atomic mass is 14.2. The van der Waals surface area contributed by atoms with Crippen molar-refractivity contribution in [3.05, 3.63) is 146 Å². The van der Waals surface area contributed by atoms with Gasteiger partial charge in [-0.05, 0) is 82.2 Å². The minimum Gasteiger partial charge on any atom is -0.0622 e. The van der Waals surface area contributed by atoms with Crippen molar-refractivity contribution < 1.29 is 0 Å². The maximum atomic E-state index is 2.41. The number of rotatable bonds is 2. The lowest BCUT2D eigenvalue weighted by molar-refractivity contribution is 1.67. The normalized spacial score (nSPS) is 11.7. The summed E-state index contributed by atoms with van der Waals surface area (Å²) >= 11 is 0. The van der Waals surface area contributed by atoms with Gasteiger partial charge in [-0.2, -0.15) is 0 Å².